The lowest BCUT2D eigenvalue weighted by Gasteiger charge is -2.43. The van der Waals surface area contributed by atoms with Crippen LogP contribution in [0.15, 0.2) is 16.0 Å². The topological polar surface area (TPSA) is 83.9 Å². The van der Waals surface area contributed by atoms with Crippen molar-refractivity contribution in [3.63, 3.8) is 0 Å². The number of piperazine rings is 1. The van der Waals surface area contributed by atoms with E-state index in [-0.39, 0.29) is 66.8 Å². The number of aliphatic imine (C=N–C) groups is 1. The molecule has 0 aromatic heterocycles. The van der Waals surface area contributed by atoms with Crippen LogP contribution in [0.2, 0.25) is 5.02 Å². The summed E-state index contributed by atoms with van der Waals surface area (Å²) < 4.78 is 58.3. The predicted octanol–water partition coefficient (Wildman–Crippen LogP) is 4.73. The van der Waals surface area contributed by atoms with Gasteiger partial charge in [0.1, 0.15) is 18.2 Å². The Kier molecular flexibility index (Phi) is 10.1. The second kappa shape index (κ2) is 12.5. The number of benzene rings is 1. The molecule has 0 N–H and O–H groups in total. The van der Waals surface area contributed by atoms with Gasteiger partial charge in [0.15, 0.2) is 0 Å². The fourth-order valence-electron chi connectivity index (χ4n) is 4.34. The molecule has 2 bridgehead atoms. The number of alkyl halides is 3. The van der Waals surface area contributed by atoms with Gasteiger partial charge in [-0.15, -0.1) is 11.8 Å². The molecule has 14 heteroatoms. The molecule has 2 unspecified atom stereocenters. The van der Waals surface area contributed by atoms with Gasteiger partial charge in [0.2, 0.25) is 6.41 Å². The first-order chi connectivity index (χ1) is 18.2. The molecule has 2 heterocycles. The molecule has 2 amide bonds. The Morgan fingerprint density at radius 3 is 2.56 bits per heavy atom. The average molecular weight is 595 g/mol. The molecule has 0 aliphatic carbocycles. The Hall–Kier alpha value is -2.22. The highest BCUT2D eigenvalue weighted by atomic mass is 35.5. The Balaban J connectivity index is 2.12. The van der Waals surface area contributed by atoms with Crippen LogP contribution in [0.4, 0.5) is 23.7 Å². The molecule has 0 radical (unpaired) electrons. The highest BCUT2D eigenvalue weighted by Gasteiger charge is 2.40. The maximum Gasteiger partial charge on any atom is 0.417 e. The van der Waals surface area contributed by atoms with Crippen molar-refractivity contribution >= 4 is 47.4 Å². The maximum atomic E-state index is 14.1. The summed E-state index contributed by atoms with van der Waals surface area (Å²) in [5, 5.41) is -0.472. The Morgan fingerprint density at radius 1 is 1.31 bits per heavy atom. The van der Waals surface area contributed by atoms with Crippen molar-refractivity contribution < 1.29 is 37.0 Å². The Bertz CT molecular complexity index is 1100. The van der Waals surface area contributed by atoms with Gasteiger partial charge in [-0.2, -0.15) is 13.2 Å². The van der Waals surface area contributed by atoms with Crippen LogP contribution in [0.25, 0.3) is 0 Å². The molecule has 1 aromatic rings. The molecular formula is C25H34ClF3N4O5S. The number of carbonyl (C=O) groups is 2. The second-order valence-electron chi connectivity index (χ2n) is 10.3. The quantitative estimate of drug-likeness (QED) is 0.267. The zero-order valence-corrected chi connectivity index (χ0v) is 24.4. The van der Waals surface area contributed by atoms with Crippen molar-refractivity contribution in [1.82, 2.24) is 9.80 Å². The minimum atomic E-state index is -4.73. The van der Waals surface area contributed by atoms with Gasteiger partial charge >= 0.3 is 12.3 Å². The summed E-state index contributed by atoms with van der Waals surface area (Å²) in [6.07, 6.45) is -4.68. The first-order valence-corrected chi connectivity index (χ1v) is 13.7. The van der Waals surface area contributed by atoms with Gasteiger partial charge in [-0.25, -0.2) is 4.79 Å². The average Bonchev–Trinajstić information content (AvgIpc) is 2.83. The van der Waals surface area contributed by atoms with Crippen LogP contribution in [0.1, 0.15) is 38.8 Å². The predicted molar refractivity (Wildman–Crippen MR) is 144 cm³/mol. The van der Waals surface area contributed by atoms with E-state index in [4.69, 9.17) is 30.8 Å². The smallest absolute Gasteiger partial charge is 0.417 e. The zero-order valence-electron chi connectivity index (χ0n) is 22.8. The van der Waals surface area contributed by atoms with E-state index in [1.807, 2.05) is 11.8 Å². The van der Waals surface area contributed by atoms with Crippen molar-refractivity contribution in [2.45, 2.75) is 56.5 Å². The highest BCUT2D eigenvalue weighted by Crippen LogP contribution is 2.47. The minimum absolute atomic E-state index is 0.0282. The fraction of sp³-hybridized carbons (Fsp3) is 0.640. The maximum absolute atomic E-state index is 14.1. The molecule has 2 aliphatic rings. The molecule has 1 aromatic carbocycles. The third-order valence-corrected chi connectivity index (χ3v) is 7.78. The van der Waals surface area contributed by atoms with Crippen molar-refractivity contribution in [1.29, 1.82) is 0 Å². The number of anilines is 1. The van der Waals surface area contributed by atoms with Crippen LogP contribution in [-0.4, -0.2) is 98.8 Å². The van der Waals surface area contributed by atoms with Gasteiger partial charge in [-0.05, 0) is 33.8 Å². The Labute approximate surface area is 235 Å². The molecule has 0 spiro atoms. The third kappa shape index (κ3) is 7.50. The monoisotopic (exact) mass is 594 g/mol. The third-order valence-electron chi connectivity index (χ3n) is 6.04. The molecule has 2 atom stereocenters. The molecule has 39 heavy (non-hydrogen) atoms. The first kappa shape index (κ1) is 31.3. The number of fused-ring (bicyclic) bond motifs is 2. The number of amidine groups is 1. The molecule has 0 saturated carbocycles. The molecule has 2 aliphatic heterocycles. The SMILES string of the molecule is COCOCC1CSc2c(Cl)c(C(F)(F)F)cc(c2N(C)C=O)C(N2CCN(C(=O)OC(C)(C)C)CC2C)=N1. The summed E-state index contributed by atoms with van der Waals surface area (Å²) in [7, 11) is 2.94. The van der Waals surface area contributed by atoms with Crippen molar-refractivity contribution in [2.24, 2.45) is 4.99 Å². The normalized spacial score (nSPS) is 20.2. The Morgan fingerprint density at radius 2 is 2.00 bits per heavy atom. The van der Waals surface area contributed by atoms with Crippen LogP contribution < -0.4 is 4.90 Å². The molecule has 3 rings (SSSR count). The number of ether oxygens (including phenoxy) is 3. The molecule has 1 saturated heterocycles. The van der Waals surface area contributed by atoms with Gasteiger partial charge < -0.3 is 28.9 Å². The van der Waals surface area contributed by atoms with E-state index in [2.05, 4.69) is 0 Å². The second-order valence-corrected chi connectivity index (χ2v) is 11.7. The lowest BCUT2D eigenvalue weighted by molar-refractivity contribution is -0.137. The molecule has 218 valence electrons. The number of carbonyl (C=O) groups excluding carboxylic acids is 2. The lowest BCUT2D eigenvalue weighted by atomic mass is 10.0. The van der Waals surface area contributed by atoms with Crippen molar-refractivity contribution in [3.8, 4) is 0 Å². The van der Waals surface area contributed by atoms with Crippen LogP contribution in [0.3, 0.4) is 0 Å². The number of hydrogen-bond donors (Lipinski definition) is 0. The summed E-state index contributed by atoms with van der Waals surface area (Å²) >= 11 is 7.42. The van der Waals surface area contributed by atoms with E-state index >= 15 is 0 Å². The summed E-state index contributed by atoms with van der Waals surface area (Å²) in [6.45, 7) is 8.18. The van der Waals surface area contributed by atoms with Gasteiger partial charge in [0.05, 0.1) is 33.8 Å². The summed E-state index contributed by atoms with van der Waals surface area (Å²) in [6, 6.07) is 0.168. The van der Waals surface area contributed by atoms with E-state index in [0.717, 1.165) is 17.8 Å². The lowest BCUT2D eigenvalue weighted by Crippen LogP contribution is -2.56. The zero-order chi connectivity index (χ0) is 29.1. The first-order valence-electron chi connectivity index (χ1n) is 12.3. The summed E-state index contributed by atoms with van der Waals surface area (Å²) in [5.41, 5.74) is -1.31. The van der Waals surface area contributed by atoms with Gasteiger partial charge in [-0.3, -0.25) is 9.79 Å². The van der Waals surface area contributed by atoms with E-state index < -0.39 is 34.5 Å². The minimum Gasteiger partial charge on any atom is -0.444 e. The van der Waals surface area contributed by atoms with E-state index in [9.17, 15) is 22.8 Å². The van der Waals surface area contributed by atoms with E-state index in [1.165, 1.54) is 19.1 Å². The van der Waals surface area contributed by atoms with Gasteiger partial charge in [0.25, 0.3) is 0 Å². The van der Waals surface area contributed by atoms with Crippen LogP contribution in [-0.2, 0) is 25.2 Å². The highest BCUT2D eigenvalue weighted by molar-refractivity contribution is 7.99. The van der Waals surface area contributed by atoms with Gasteiger partial charge in [-0.1, -0.05) is 11.6 Å². The number of thioether (sulfide) groups is 1. The van der Waals surface area contributed by atoms with Crippen LogP contribution in [0.5, 0.6) is 0 Å². The van der Waals surface area contributed by atoms with Crippen molar-refractivity contribution in [3.05, 3.63) is 22.2 Å². The number of hydrogen-bond acceptors (Lipinski definition) is 8. The van der Waals surface area contributed by atoms with Crippen LogP contribution >= 0.6 is 23.4 Å². The van der Waals surface area contributed by atoms with E-state index in [1.54, 1.807) is 25.7 Å². The number of methoxy groups -OCH3 is 1. The summed E-state index contributed by atoms with van der Waals surface area (Å²) in [5.74, 6) is 0.518. The molecule has 9 nitrogen and oxygen atoms in total. The number of amides is 2. The molecular weight excluding hydrogens is 561 g/mol. The largest absolute Gasteiger partial charge is 0.444 e. The standard InChI is InChI=1S/C25H34ClF3N4O5S/c1-15-10-32(23(35)38-24(2,3)4)7-8-33(15)22-17-9-18(25(27,28)29)19(26)21(20(17)31(5)13-34)39-12-16(30-22)11-37-14-36-6/h9,13,15-16H,7-8,10-12,14H2,1-6H3. The number of rotatable bonds is 6. The van der Waals surface area contributed by atoms with Crippen LogP contribution in [0, 0.1) is 0 Å². The number of nitrogens with zero attached hydrogens (tertiary/aromatic N) is 4. The van der Waals surface area contributed by atoms with E-state index in [0.29, 0.717) is 6.41 Å². The number of halogens is 4. The molecule has 1 fully saturated rings. The fourth-order valence-corrected chi connectivity index (χ4v) is 5.91. The summed E-state index contributed by atoms with van der Waals surface area (Å²) in [4.78, 5) is 34.2. The van der Waals surface area contributed by atoms with Gasteiger partial charge in [0, 0.05) is 51.1 Å². The van der Waals surface area contributed by atoms with Crippen molar-refractivity contribution in [2.75, 3.05) is 57.8 Å².